The molecule has 1 aromatic carbocycles. The second kappa shape index (κ2) is 6.31. The molecular formula is C13H15F3N2O3. The Morgan fingerprint density at radius 1 is 1.43 bits per heavy atom. The van der Waals surface area contributed by atoms with E-state index < -0.39 is 18.5 Å². The third-order valence-corrected chi connectivity index (χ3v) is 3.08. The lowest BCUT2D eigenvalue weighted by Crippen LogP contribution is -2.40. The maximum Gasteiger partial charge on any atom is 0.573 e. The van der Waals surface area contributed by atoms with Gasteiger partial charge in [0, 0.05) is 18.7 Å². The molecule has 21 heavy (non-hydrogen) atoms. The van der Waals surface area contributed by atoms with Crippen molar-refractivity contribution in [2.75, 3.05) is 6.54 Å². The van der Waals surface area contributed by atoms with Crippen molar-refractivity contribution in [1.29, 1.82) is 0 Å². The van der Waals surface area contributed by atoms with Crippen LogP contribution in [0.3, 0.4) is 0 Å². The van der Waals surface area contributed by atoms with E-state index in [4.69, 9.17) is 0 Å². The molecule has 1 saturated heterocycles. The summed E-state index contributed by atoms with van der Waals surface area (Å²) in [7, 11) is 0. The minimum Gasteiger partial charge on any atom is -0.405 e. The maximum absolute atomic E-state index is 12.3. The standard InChI is InChI=1S/C13H15F3N2O3/c14-13(15,16)21-11-4-2-1-3-8(11)6-18-12(20)10-5-9(19)7-17-10/h1-4,9-10,17,19H,5-7H2,(H,18,20)/t9-,10-/m1/s1. The number of rotatable bonds is 4. The molecule has 0 radical (unpaired) electrons. The number of alkyl halides is 3. The van der Waals surface area contributed by atoms with E-state index in [2.05, 4.69) is 15.4 Å². The SMILES string of the molecule is O=C(NCc1ccccc1OC(F)(F)F)[C@H]1C[C@@H](O)CN1. The number of carbonyl (C=O) groups is 1. The van der Waals surface area contributed by atoms with Crippen molar-refractivity contribution in [1.82, 2.24) is 10.6 Å². The predicted molar refractivity (Wildman–Crippen MR) is 67.4 cm³/mol. The predicted octanol–water partition coefficient (Wildman–Crippen LogP) is 0.924. The number of benzene rings is 1. The molecule has 5 nitrogen and oxygen atoms in total. The van der Waals surface area contributed by atoms with Gasteiger partial charge in [-0.2, -0.15) is 0 Å². The van der Waals surface area contributed by atoms with Gasteiger partial charge < -0.3 is 20.5 Å². The highest BCUT2D eigenvalue weighted by Gasteiger charge is 2.32. The van der Waals surface area contributed by atoms with Gasteiger partial charge in [-0.05, 0) is 12.5 Å². The number of β-amino-alcohol motifs (C(OH)–C–C–N with tert-alkyl or cyclic N) is 1. The first kappa shape index (κ1) is 15.6. The van der Waals surface area contributed by atoms with Gasteiger partial charge >= 0.3 is 6.36 Å². The zero-order chi connectivity index (χ0) is 15.5. The van der Waals surface area contributed by atoms with Crippen LogP contribution in [-0.4, -0.2) is 36.1 Å². The Kier molecular flexibility index (Phi) is 4.69. The molecule has 3 N–H and O–H groups in total. The van der Waals surface area contributed by atoms with Crippen LogP contribution in [0, 0.1) is 0 Å². The second-order valence-corrected chi connectivity index (χ2v) is 4.72. The molecule has 1 aliphatic heterocycles. The Balaban J connectivity index is 1.95. The number of carbonyl (C=O) groups excluding carboxylic acids is 1. The van der Waals surface area contributed by atoms with Crippen molar-refractivity contribution in [3.63, 3.8) is 0 Å². The monoisotopic (exact) mass is 304 g/mol. The van der Waals surface area contributed by atoms with Gasteiger partial charge in [-0.3, -0.25) is 4.79 Å². The lowest BCUT2D eigenvalue weighted by atomic mass is 10.1. The summed E-state index contributed by atoms with van der Waals surface area (Å²) in [5.41, 5.74) is 0.224. The van der Waals surface area contributed by atoms with Crippen molar-refractivity contribution in [2.24, 2.45) is 0 Å². The Morgan fingerprint density at radius 3 is 2.76 bits per heavy atom. The maximum atomic E-state index is 12.3. The molecule has 2 rings (SSSR count). The fourth-order valence-electron chi connectivity index (χ4n) is 2.10. The van der Waals surface area contributed by atoms with E-state index in [1.807, 2.05) is 0 Å². The second-order valence-electron chi connectivity index (χ2n) is 4.72. The van der Waals surface area contributed by atoms with Crippen LogP contribution in [0.2, 0.25) is 0 Å². The van der Waals surface area contributed by atoms with E-state index in [9.17, 15) is 23.1 Å². The summed E-state index contributed by atoms with van der Waals surface area (Å²) in [5.74, 6) is -0.710. The van der Waals surface area contributed by atoms with E-state index in [0.29, 0.717) is 6.54 Å². The van der Waals surface area contributed by atoms with Gasteiger partial charge in [0.15, 0.2) is 0 Å². The van der Waals surface area contributed by atoms with E-state index >= 15 is 0 Å². The minimum atomic E-state index is -4.78. The van der Waals surface area contributed by atoms with Crippen molar-refractivity contribution in [3.05, 3.63) is 29.8 Å². The van der Waals surface area contributed by atoms with Gasteiger partial charge in [-0.15, -0.1) is 13.2 Å². The van der Waals surface area contributed by atoms with Crippen molar-refractivity contribution in [2.45, 2.75) is 31.5 Å². The first-order valence-corrected chi connectivity index (χ1v) is 6.38. The molecule has 0 bridgehead atoms. The largest absolute Gasteiger partial charge is 0.573 e. The van der Waals surface area contributed by atoms with Crippen LogP contribution in [0.25, 0.3) is 0 Å². The summed E-state index contributed by atoms with van der Waals surface area (Å²) in [5, 5.41) is 14.7. The Bertz CT molecular complexity index is 508. The average Bonchev–Trinajstić information content (AvgIpc) is 2.82. The normalized spacial score (nSPS) is 22.1. The highest BCUT2D eigenvalue weighted by molar-refractivity contribution is 5.82. The molecule has 1 amide bonds. The number of nitrogens with one attached hydrogen (secondary N) is 2. The van der Waals surface area contributed by atoms with Crippen LogP contribution in [0.1, 0.15) is 12.0 Å². The van der Waals surface area contributed by atoms with Gasteiger partial charge in [0.05, 0.1) is 12.1 Å². The molecule has 116 valence electrons. The zero-order valence-electron chi connectivity index (χ0n) is 11.0. The van der Waals surface area contributed by atoms with E-state index in [0.717, 1.165) is 0 Å². The molecular weight excluding hydrogens is 289 g/mol. The number of ether oxygens (including phenoxy) is 1. The van der Waals surface area contributed by atoms with Crippen LogP contribution in [0.4, 0.5) is 13.2 Å². The molecule has 8 heteroatoms. The first-order chi connectivity index (χ1) is 9.85. The minimum absolute atomic E-state index is 0.0840. The van der Waals surface area contributed by atoms with Crippen LogP contribution < -0.4 is 15.4 Å². The fraction of sp³-hybridized carbons (Fsp3) is 0.462. The molecule has 1 fully saturated rings. The number of hydrogen-bond donors (Lipinski definition) is 3. The highest BCUT2D eigenvalue weighted by Crippen LogP contribution is 2.26. The average molecular weight is 304 g/mol. The van der Waals surface area contributed by atoms with E-state index in [-0.39, 0.29) is 30.2 Å². The number of aliphatic hydroxyl groups excluding tert-OH is 1. The van der Waals surface area contributed by atoms with E-state index in [1.54, 1.807) is 6.07 Å². The fourth-order valence-corrected chi connectivity index (χ4v) is 2.10. The Hall–Kier alpha value is -1.80. The zero-order valence-corrected chi connectivity index (χ0v) is 11.0. The summed E-state index contributed by atoms with van der Waals surface area (Å²) >= 11 is 0. The number of hydrogen-bond acceptors (Lipinski definition) is 4. The summed E-state index contributed by atoms with van der Waals surface area (Å²) in [6.45, 7) is 0.241. The lowest BCUT2D eigenvalue weighted by Gasteiger charge is -2.15. The quantitative estimate of drug-likeness (QED) is 0.774. The summed E-state index contributed by atoms with van der Waals surface area (Å²) < 4.78 is 40.7. The molecule has 0 aromatic heterocycles. The number of amides is 1. The number of halogens is 3. The lowest BCUT2D eigenvalue weighted by molar-refractivity contribution is -0.274. The van der Waals surface area contributed by atoms with Crippen molar-refractivity contribution >= 4 is 5.91 Å². The molecule has 0 aliphatic carbocycles. The van der Waals surface area contributed by atoms with Crippen molar-refractivity contribution in [3.8, 4) is 5.75 Å². The summed E-state index contributed by atoms with van der Waals surface area (Å²) in [6, 6.07) is 5.07. The smallest absolute Gasteiger partial charge is 0.405 e. The van der Waals surface area contributed by atoms with Gasteiger partial charge in [-0.1, -0.05) is 18.2 Å². The van der Waals surface area contributed by atoms with Gasteiger partial charge in [-0.25, -0.2) is 0 Å². The third kappa shape index (κ3) is 4.61. The first-order valence-electron chi connectivity index (χ1n) is 6.38. The van der Waals surface area contributed by atoms with Gasteiger partial charge in [0.1, 0.15) is 5.75 Å². The van der Waals surface area contributed by atoms with Crippen LogP contribution >= 0.6 is 0 Å². The summed E-state index contributed by atoms with van der Waals surface area (Å²) in [4.78, 5) is 11.8. The van der Waals surface area contributed by atoms with Gasteiger partial charge in [0.25, 0.3) is 0 Å². The third-order valence-electron chi connectivity index (χ3n) is 3.08. The number of aliphatic hydroxyl groups is 1. The molecule has 0 spiro atoms. The highest BCUT2D eigenvalue weighted by atomic mass is 19.4. The number of para-hydroxylation sites is 1. The molecule has 0 saturated carbocycles. The van der Waals surface area contributed by atoms with Crippen molar-refractivity contribution < 1.29 is 27.8 Å². The Labute approximate surface area is 119 Å². The van der Waals surface area contributed by atoms with Crippen LogP contribution in [-0.2, 0) is 11.3 Å². The molecule has 0 unspecified atom stereocenters. The molecule has 2 atom stereocenters. The van der Waals surface area contributed by atoms with E-state index in [1.165, 1.54) is 18.2 Å². The molecule has 1 heterocycles. The molecule has 1 aliphatic rings. The van der Waals surface area contributed by atoms with Crippen LogP contribution in [0.5, 0.6) is 5.75 Å². The molecule has 1 aromatic rings. The van der Waals surface area contributed by atoms with Crippen LogP contribution in [0.15, 0.2) is 24.3 Å². The van der Waals surface area contributed by atoms with Gasteiger partial charge in [0.2, 0.25) is 5.91 Å². The summed E-state index contributed by atoms with van der Waals surface area (Å²) in [6.07, 6.45) is -5.08. The topological polar surface area (TPSA) is 70.6 Å². The Morgan fingerprint density at radius 2 is 2.14 bits per heavy atom.